The highest BCUT2D eigenvalue weighted by atomic mass is 19.1. The van der Waals surface area contributed by atoms with E-state index in [0.717, 1.165) is 17.7 Å². The van der Waals surface area contributed by atoms with Gasteiger partial charge in [-0.1, -0.05) is 19.1 Å². The molecule has 1 aromatic carbocycles. The minimum Gasteiger partial charge on any atom is -0.304 e. The molecule has 2 aromatic rings. The van der Waals surface area contributed by atoms with Crippen molar-refractivity contribution in [2.75, 3.05) is 0 Å². The second-order valence-electron chi connectivity index (χ2n) is 5.20. The highest BCUT2D eigenvalue weighted by molar-refractivity contribution is 5.19. The number of nitrogens with one attached hydrogen (secondary N) is 1. The first kappa shape index (κ1) is 14.7. The van der Waals surface area contributed by atoms with Crippen LogP contribution in [-0.4, -0.2) is 9.78 Å². The molecule has 0 aliphatic carbocycles. The minimum atomic E-state index is -0.197. The van der Waals surface area contributed by atoms with Crippen molar-refractivity contribution in [2.24, 2.45) is 0 Å². The molecule has 1 N–H and O–H groups in total. The van der Waals surface area contributed by atoms with Crippen molar-refractivity contribution in [1.29, 1.82) is 0 Å². The Bertz CT molecular complexity index is 550. The van der Waals surface area contributed by atoms with Crippen molar-refractivity contribution in [2.45, 2.75) is 45.8 Å². The highest BCUT2D eigenvalue weighted by Crippen LogP contribution is 2.14. The summed E-state index contributed by atoms with van der Waals surface area (Å²) in [5, 5.41) is 7.91. The number of hydrogen-bond acceptors (Lipinski definition) is 2. The molecule has 1 aromatic heterocycles. The number of rotatable bonds is 6. The highest BCUT2D eigenvalue weighted by Gasteiger charge is 2.08. The van der Waals surface area contributed by atoms with Crippen molar-refractivity contribution in [1.82, 2.24) is 15.1 Å². The Morgan fingerprint density at radius 1 is 1.30 bits per heavy atom. The molecule has 3 nitrogen and oxygen atoms in total. The molecule has 108 valence electrons. The van der Waals surface area contributed by atoms with E-state index < -0.39 is 0 Å². The summed E-state index contributed by atoms with van der Waals surface area (Å²) in [7, 11) is 0. The van der Waals surface area contributed by atoms with Gasteiger partial charge >= 0.3 is 0 Å². The zero-order valence-electron chi connectivity index (χ0n) is 12.3. The molecule has 0 aliphatic rings. The maximum absolute atomic E-state index is 13.2. The first-order chi connectivity index (χ1) is 9.60. The van der Waals surface area contributed by atoms with Gasteiger partial charge in [0.2, 0.25) is 0 Å². The average molecular weight is 275 g/mol. The van der Waals surface area contributed by atoms with Crippen LogP contribution in [0.25, 0.3) is 0 Å². The lowest BCUT2D eigenvalue weighted by molar-refractivity contribution is 0.468. The van der Waals surface area contributed by atoms with Gasteiger partial charge in [-0.05, 0) is 44.0 Å². The van der Waals surface area contributed by atoms with Gasteiger partial charge in [0.1, 0.15) is 5.82 Å². The third kappa shape index (κ3) is 3.67. The number of aromatic nitrogens is 2. The normalized spacial score (nSPS) is 14.2. The molecule has 2 atom stereocenters. The van der Waals surface area contributed by atoms with E-state index in [1.165, 1.54) is 6.07 Å². The average Bonchev–Trinajstić information content (AvgIpc) is 2.92. The van der Waals surface area contributed by atoms with Crippen molar-refractivity contribution in [3.63, 3.8) is 0 Å². The molecule has 0 amide bonds. The molecule has 1 heterocycles. The van der Waals surface area contributed by atoms with Crippen molar-refractivity contribution in [3.8, 4) is 0 Å². The fraction of sp³-hybridized carbons (Fsp3) is 0.438. The summed E-state index contributed by atoms with van der Waals surface area (Å²) in [4.78, 5) is 0. The van der Waals surface area contributed by atoms with E-state index in [2.05, 4.69) is 24.3 Å². The molecule has 20 heavy (non-hydrogen) atoms. The Kier molecular flexibility index (Phi) is 4.90. The summed E-state index contributed by atoms with van der Waals surface area (Å²) in [6, 6.07) is 9.24. The van der Waals surface area contributed by atoms with Gasteiger partial charge in [0, 0.05) is 24.8 Å². The quantitative estimate of drug-likeness (QED) is 0.868. The summed E-state index contributed by atoms with van der Waals surface area (Å²) in [6.45, 7) is 7.01. The van der Waals surface area contributed by atoms with E-state index in [9.17, 15) is 4.39 Å². The zero-order valence-corrected chi connectivity index (χ0v) is 12.3. The molecule has 0 saturated carbocycles. The molecular formula is C16H22FN3. The SMILES string of the molecule is CCC(C)n1ccc(CN[C@H](C)c2cccc(F)c2)n1. The topological polar surface area (TPSA) is 29.9 Å². The summed E-state index contributed by atoms with van der Waals surface area (Å²) in [5.41, 5.74) is 1.96. The van der Waals surface area contributed by atoms with E-state index >= 15 is 0 Å². The van der Waals surface area contributed by atoms with Gasteiger partial charge in [0.25, 0.3) is 0 Å². The smallest absolute Gasteiger partial charge is 0.123 e. The summed E-state index contributed by atoms with van der Waals surface area (Å²) >= 11 is 0. The van der Waals surface area contributed by atoms with E-state index in [4.69, 9.17) is 0 Å². The molecule has 0 saturated heterocycles. The molecule has 0 aliphatic heterocycles. The number of nitrogens with zero attached hydrogens (tertiary/aromatic N) is 2. The van der Waals surface area contributed by atoms with Crippen LogP contribution in [0.3, 0.4) is 0 Å². The molecule has 2 rings (SSSR count). The van der Waals surface area contributed by atoms with Crippen LogP contribution >= 0.6 is 0 Å². The van der Waals surface area contributed by atoms with Crippen LogP contribution in [0.4, 0.5) is 4.39 Å². The number of halogens is 1. The first-order valence-electron chi connectivity index (χ1n) is 7.13. The molecule has 0 radical (unpaired) electrons. The monoisotopic (exact) mass is 275 g/mol. The van der Waals surface area contributed by atoms with Crippen molar-refractivity contribution >= 4 is 0 Å². The Balaban J connectivity index is 1.93. The summed E-state index contributed by atoms with van der Waals surface area (Å²) in [5.74, 6) is -0.197. The van der Waals surface area contributed by atoms with Crippen molar-refractivity contribution in [3.05, 3.63) is 53.6 Å². The Hall–Kier alpha value is -1.68. The van der Waals surface area contributed by atoms with Crippen LogP contribution in [0.15, 0.2) is 36.5 Å². The predicted molar refractivity (Wildman–Crippen MR) is 78.9 cm³/mol. The molecule has 4 heteroatoms. The van der Waals surface area contributed by atoms with Crippen LogP contribution < -0.4 is 5.32 Å². The van der Waals surface area contributed by atoms with Gasteiger partial charge in [-0.15, -0.1) is 0 Å². The largest absolute Gasteiger partial charge is 0.304 e. The second-order valence-corrected chi connectivity index (χ2v) is 5.20. The number of benzene rings is 1. The van der Waals surface area contributed by atoms with Crippen LogP contribution in [0.1, 0.15) is 50.5 Å². The van der Waals surface area contributed by atoms with Gasteiger partial charge in [-0.3, -0.25) is 4.68 Å². The van der Waals surface area contributed by atoms with Gasteiger partial charge < -0.3 is 5.32 Å². The molecule has 1 unspecified atom stereocenters. The van der Waals surface area contributed by atoms with E-state index in [-0.39, 0.29) is 11.9 Å². The van der Waals surface area contributed by atoms with Crippen LogP contribution in [0.5, 0.6) is 0 Å². The van der Waals surface area contributed by atoms with Gasteiger partial charge in [-0.25, -0.2) is 4.39 Å². The van der Waals surface area contributed by atoms with Crippen LogP contribution in [-0.2, 0) is 6.54 Å². The maximum atomic E-state index is 13.2. The standard InChI is InChI=1S/C16H22FN3/c1-4-12(2)20-9-8-16(19-20)11-18-13(3)14-6-5-7-15(17)10-14/h5-10,12-13,18H,4,11H2,1-3H3/t12?,13-/m1/s1. The predicted octanol–water partition coefficient (Wildman–Crippen LogP) is 3.84. The Labute approximate surface area is 119 Å². The molecule has 0 spiro atoms. The first-order valence-corrected chi connectivity index (χ1v) is 7.13. The van der Waals surface area contributed by atoms with E-state index in [1.54, 1.807) is 12.1 Å². The van der Waals surface area contributed by atoms with E-state index in [1.807, 2.05) is 29.9 Å². The molecule has 0 fully saturated rings. The zero-order chi connectivity index (χ0) is 14.5. The summed E-state index contributed by atoms with van der Waals surface area (Å²) in [6.07, 6.45) is 3.08. The maximum Gasteiger partial charge on any atom is 0.123 e. The van der Waals surface area contributed by atoms with Crippen molar-refractivity contribution < 1.29 is 4.39 Å². The van der Waals surface area contributed by atoms with Crippen LogP contribution in [0.2, 0.25) is 0 Å². The third-order valence-electron chi connectivity index (χ3n) is 3.64. The fourth-order valence-corrected chi connectivity index (χ4v) is 2.06. The number of hydrogen-bond donors (Lipinski definition) is 1. The molecular weight excluding hydrogens is 253 g/mol. The van der Waals surface area contributed by atoms with Gasteiger partial charge in [0.05, 0.1) is 5.69 Å². The van der Waals surface area contributed by atoms with Gasteiger partial charge in [-0.2, -0.15) is 5.10 Å². The lowest BCUT2D eigenvalue weighted by atomic mass is 10.1. The fourth-order valence-electron chi connectivity index (χ4n) is 2.06. The van der Waals surface area contributed by atoms with Crippen LogP contribution in [0, 0.1) is 5.82 Å². The minimum absolute atomic E-state index is 0.0967. The molecule has 0 bridgehead atoms. The van der Waals surface area contributed by atoms with E-state index in [0.29, 0.717) is 12.6 Å². The Morgan fingerprint density at radius 3 is 2.80 bits per heavy atom. The lowest BCUT2D eigenvalue weighted by Gasteiger charge is -2.13. The Morgan fingerprint density at radius 2 is 2.10 bits per heavy atom. The van der Waals surface area contributed by atoms with Gasteiger partial charge in [0.15, 0.2) is 0 Å². The lowest BCUT2D eigenvalue weighted by Crippen LogP contribution is -2.18. The summed E-state index contributed by atoms with van der Waals surface area (Å²) < 4.78 is 15.2. The third-order valence-corrected chi connectivity index (χ3v) is 3.64. The second kappa shape index (κ2) is 6.66.